The first-order valence-electron chi connectivity index (χ1n) is 5.39. The lowest BCUT2D eigenvalue weighted by Crippen LogP contribution is -2.24. The van der Waals surface area contributed by atoms with Crippen LogP contribution in [0.2, 0.25) is 0 Å². The van der Waals surface area contributed by atoms with E-state index in [9.17, 15) is 5.11 Å². The Morgan fingerprint density at radius 1 is 1.38 bits per heavy atom. The summed E-state index contributed by atoms with van der Waals surface area (Å²) in [7, 11) is 0. The number of aliphatic hydroxyl groups is 1. The number of rotatable bonds is 3. The summed E-state index contributed by atoms with van der Waals surface area (Å²) in [6.07, 6.45) is -0.625. The molecule has 86 valence electrons. The molecule has 1 aliphatic rings. The van der Waals surface area contributed by atoms with E-state index in [1.54, 1.807) is 6.92 Å². The van der Waals surface area contributed by atoms with Crippen LogP contribution >= 0.6 is 0 Å². The van der Waals surface area contributed by atoms with Crippen molar-refractivity contribution in [1.82, 2.24) is 0 Å². The summed E-state index contributed by atoms with van der Waals surface area (Å²) in [6, 6.07) is 7.23. The van der Waals surface area contributed by atoms with Gasteiger partial charge in [0.05, 0.1) is 12.6 Å². The molecule has 4 heteroatoms. The Labute approximate surface area is 94.8 Å². The monoisotopic (exact) mass is 220 g/mol. The molecule has 0 bridgehead atoms. The Morgan fingerprint density at radius 3 is 2.56 bits per heavy atom. The van der Waals surface area contributed by atoms with E-state index in [0.717, 1.165) is 17.7 Å². The van der Waals surface area contributed by atoms with Gasteiger partial charge < -0.3 is 15.6 Å². The Kier molecular flexibility index (Phi) is 3.22. The highest BCUT2D eigenvalue weighted by Gasteiger charge is 2.14. The van der Waals surface area contributed by atoms with Crippen molar-refractivity contribution < 1.29 is 9.84 Å². The van der Waals surface area contributed by atoms with Crippen molar-refractivity contribution in [3.63, 3.8) is 0 Å². The molecule has 0 aromatic heterocycles. The van der Waals surface area contributed by atoms with Crippen LogP contribution in [0.5, 0.6) is 0 Å². The van der Waals surface area contributed by atoms with Gasteiger partial charge in [-0.3, -0.25) is 0 Å². The van der Waals surface area contributed by atoms with Gasteiger partial charge in [-0.1, -0.05) is 12.1 Å². The minimum absolute atomic E-state index is 0.272. The molecule has 0 saturated carbocycles. The zero-order valence-corrected chi connectivity index (χ0v) is 9.26. The number of hydrogen-bond acceptors (Lipinski definition) is 4. The van der Waals surface area contributed by atoms with Gasteiger partial charge in [-0.2, -0.15) is 0 Å². The first kappa shape index (κ1) is 11.1. The Morgan fingerprint density at radius 2 is 2.06 bits per heavy atom. The molecule has 1 aromatic carbocycles. The quantitative estimate of drug-likeness (QED) is 0.793. The summed E-state index contributed by atoms with van der Waals surface area (Å²) in [5.41, 5.74) is 7.39. The second-order valence-electron chi connectivity index (χ2n) is 3.96. The molecular formula is C12H16N2O2. The van der Waals surface area contributed by atoms with Crippen molar-refractivity contribution in [1.29, 1.82) is 0 Å². The molecule has 1 heterocycles. The van der Waals surface area contributed by atoms with Crippen LogP contribution in [-0.4, -0.2) is 30.2 Å². The van der Waals surface area contributed by atoms with E-state index < -0.39 is 6.10 Å². The molecule has 2 unspecified atom stereocenters. The number of benzene rings is 1. The molecule has 0 spiro atoms. The predicted octanol–water partition coefficient (Wildman–Crippen LogP) is 0.844. The van der Waals surface area contributed by atoms with Crippen LogP contribution in [0.25, 0.3) is 0 Å². The Balaban J connectivity index is 2.16. The minimum Gasteiger partial charge on any atom is -0.476 e. The van der Waals surface area contributed by atoms with Crippen molar-refractivity contribution in [2.24, 2.45) is 10.7 Å². The summed E-state index contributed by atoms with van der Waals surface area (Å²) in [4.78, 5) is 4.22. The van der Waals surface area contributed by atoms with Gasteiger partial charge in [0.1, 0.15) is 6.61 Å². The second-order valence-corrected chi connectivity index (χ2v) is 3.96. The van der Waals surface area contributed by atoms with E-state index in [4.69, 9.17) is 10.5 Å². The molecule has 3 N–H and O–H groups in total. The van der Waals surface area contributed by atoms with Crippen molar-refractivity contribution in [2.75, 3.05) is 13.2 Å². The van der Waals surface area contributed by atoms with E-state index in [2.05, 4.69) is 4.99 Å². The number of hydrogen-bond donors (Lipinski definition) is 2. The van der Waals surface area contributed by atoms with E-state index in [1.165, 1.54) is 0 Å². The number of nitrogens with two attached hydrogens (primary N) is 1. The van der Waals surface area contributed by atoms with Crippen LogP contribution < -0.4 is 5.73 Å². The van der Waals surface area contributed by atoms with Gasteiger partial charge in [-0.15, -0.1) is 0 Å². The van der Waals surface area contributed by atoms with Crippen LogP contribution in [0.15, 0.2) is 29.3 Å². The fourth-order valence-corrected chi connectivity index (χ4v) is 1.64. The van der Waals surface area contributed by atoms with E-state index in [0.29, 0.717) is 12.5 Å². The zero-order chi connectivity index (χ0) is 11.5. The van der Waals surface area contributed by atoms with Crippen LogP contribution in [-0.2, 0) is 4.74 Å². The van der Waals surface area contributed by atoms with Gasteiger partial charge in [-0.25, -0.2) is 4.99 Å². The molecular weight excluding hydrogens is 204 g/mol. The van der Waals surface area contributed by atoms with Gasteiger partial charge in [0.2, 0.25) is 5.90 Å². The van der Waals surface area contributed by atoms with E-state index in [-0.39, 0.29) is 6.04 Å². The molecule has 0 radical (unpaired) electrons. The van der Waals surface area contributed by atoms with Crippen molar-refractivity contribution in [3.8, 4) is 0 Å². The molecule has 1 aromatic rings. The van der Waals surface area contributed by atoms with Crippen LogP contribution in [0.3, 0.4) is 0 Å². The highest BCUT2D eigenvalue weighted by molar-refractivity contribution is 5.94. The number of aliphatic imine (C=N–C) groups is 1. The average molecular weight is 220 g/mol. The largest absolute Gasteiger partial charge is 0.476 e. The van der Waals surface area contributed by atoms with Gasteiger partial charge in [0.25, 0.3) is 0 Å². The van der Waals surface area contributed by atoms with Crippen LogP contribution in [0.1, 0.15) is 24.2 Å². The number of aliphatic hydroxyl groups excluding tert-OH is 1. The van der Waals surface area contributed by atoms with Gasteiger partial charge in [0, 0.05) is 11.6 Å². The van der Waals surface area contributed by atoms with Gasteiger partial charge in [-0.05, 0) is 24.6 Å². The fourth-order valence-electron chi connectivity index (χ4n) is 1.64. The lowest BCUT2D eigenvalue weighted by Gasteiger charge is -2.14. The summed E-state index contributed by atoms with van der Waals surface area (Å²) in [5, 5.41) is 9.77. The van der Waals surface area contributed by atoms with Crippen LogP contribution in [0, 0.1) is 0 Å². The lowest BCUT2D eigenvalue weighted by atomic mass is 10.0. The molecule has 0 saturated heterocycles. The third-order valence-electron chi connectivity index (χ3n) is 2.58. The fraction of sp³-hybridized carbons (Fsp3) is 0.417. The normalized spacial score (nSPS) is 18.8. The van der Waals surface area contributed by atoms with Gasteiger partial charge >= 0.3 is 0 Å². The molecule has 16 heavy (non-hydrogen) atoms. The van der Waals surface area contributed by atoms with Crippen molar-refractivity contribution >= 4 is 5.90 Å². The first-order valence-corrected chi connectivity index (χ1v) is 5.39. The van der Waals surface area contributed by atoms with Crippen LogP contribution in [0.4, 0.5) is 0 Å². The summed E-state index contributed by atoms with van der Waals surface area (Å²) >= 11 is 0. The van der Waals surface area contributed by atoms with E-state index >= 15 is 0 Å². The SMILES string of the molecule is CC(N)C(O)c1ccc(C2=NCCO2)cc1. The molecule has 0 aliphatic carbocycles. The summed E-state index contributed by atoms with van der Waals surface area (Å²) in [6.45, 7) is 3.15. The third kappa shape index (κ3) is 2.23. The summed E-state index contributed by atoms with van der Waals surface area (Å²) < 4.78 is 5.35. The standard InChI is InChI=1S/C12H16N2O2/c1-8(13)11(15)9-2-4-10(5-3-9)12-14-6-7-16-12/h2-5,8,11,15H,6-7,13H2,1H3. The van der Waals surface area contributed by atoms with Gasteiger partial charge in [0.15, 0.2) is 0 Å². The first-order chi connectivity index (χ1) is 7.68. The maximum atomic E-state index is 9.77. The minimum atomic E-state index is -0.625. The number of ether oxygens (including phenoxy) is 1. The molecule has 4 nitrogen and oxygen atoms in total. The Bertz CT molecular complexity index is 385. The average Bonchev–Trinajstić information content (AvgIpc) is 2.81. The van der Waals surface area contributed by atoms with E-state index in [1.807, 2.05) is 24.3 Å². The molecule has 2 rings (SSSR count). The molecule has 2 atom stereocenters. The number of nitrogens with zero attached hydrogens (tertiary/aromatic N) is 1. The maximum absolute atomic E-state index is 9.77. The molecule has 0 fully saturated rings. The topological polar surface area (TPSA) is 67.8 Å². The third-order valence-corrected chi connectivity index (χ3v) is 2.58. The smallest absolute Gasteiger partial charge is 0.216 e. The lowest BCUT2D eigenvalue weighted by molar-refractivity contribution is 0.153. The molecule has 0 amide bonds. The van der Waals surface area contributed by atoms with Crippen molar-refractivity contribution in [2.45, 2.75) is 19.1 Å². The summed E-state index contributed by atoms with van der Waals surface area (Å²) in [5.74, 6) is 0.682. The maximum Gasteiger partial charge on any atom is 0.216 e. The van der Waals surface area contributed by atoms with Crippen molar-refractivity contribution in [3.05, 3.63) is 35.4 Å². The zero-order valence-electron chi connectivity index (χ0n) is 9.26. The highest BCUT2D eigenvalue weighted by atomic mass is 16.5. The Hall–Kier alpha value is -1.39. The highest BCUT2D eigenvalue weighted by Crippen LogP contribution is 2.17. The molecule has 1 aliphatic heterocycles. The second kappa shape index (κ2) is 4.63. The predicted molar refractivity (Wildman–Crippen MR) is 62.4 cm³/mol.